The zero-order chi connectivity index (χ0) is 12.6. The first-order chi connectivity index (χ1) is 7.99. The molecular formula is C13H17IN2O. The van der Waals surface area contributed by atoms with E-state index >= 15 is 0 Å². The molecule has 1 saturated heterocycles. The van der Waals surface area contributed by atoms with Crippen molar-refractivity contribution in [1.29, 1.82) is 0 Å². The predicted molar refractivity (Wildman–Crippen MR) is 77.3 cm³/mol. The number of likely N-dealkylation sites (tertiary alicyclic amines) is 1. The Morgan fingerprint density at radius 2 is 2.06 bits per heavy atom. The molecule has 1 aromatic rings. The van der Waals surface area contributed by atoms with E-state index in [0.29, 0.717) is 6.04 Å². The van der Waals surface area contributed by atoms with Crippen molar-refractivity contribution in [3.05, 3.63) is 32.9 Å². The van der Waals surface area contributed by atoms with Crippen LogP contribution in [0.25, 0.3) is 0 Å². The summed E-state index contributed by atoms with van der Waals surface area (Å²) in [6, 6.07) is 6.54. The van der Waals surface area contributed by atoms with E-state index in [1.807, 2.05) is 30.0 Å². The van der Waals surface area contributed by atoms with E-state index in [9.17, 15) is 4.79 Å². The van der Waals surface area contributed by atoms with Crippen LogP contribution in [0.1, 0.15) is 15.9 Å². The molecule has 0 spiro atoms. The van der Waals surface area contributed by atoms with E-state index in [4.69, 9.17) is 0 Å². The number of halogens is 1. The molecule has 1 aromatic carbocycles. The molecule has 0 radical (unpaired) electrons. The molecule has 1 heterocycles. The van der Waals surface area contributed by atoms with Crippen molar-refractivity contribution in [3.63, 3.8) is 0 Å². The molecule has 0 atom stereocenters. The zero-order valence-corrected chi connectivity index (χ0v) is 12.6. The first-order valence-corrected chi connectivity index (χ1v) is 6.79. The topological polar surface area (TPSA) is 23.6 Å². The van der Waals surface area contributed by atoms with Crippen molar-refractivity contribution in [3.8, 4) is 0 Å². The Bertz CT molecular complexity index is 439. The molecule has 4 heteroatoms. The van der Waals surface area contributed by atoms with Gasteiger partial charge in [0.05, 0.1) is 5.56 Å². The first kappa shape index (κ1) is 12.8. The monoisotopic (exact) mass is 344 g/mol. The summed E-state index contributed by atoms with van der Waals surface area (Å²) in [4.78, 5) is 16.4. The summed E-state index contributed by atoms with van der Waals surface area (Å²) in [5.41, 5.74) is 1.97. The van der Waals surface area contributed by atoms with E-state index < -0.39 is 0 Å². The molecule has 0 aromatic heterocycles. The molecule has 0 saturated carbocycles. The van der Waals surface area contributed by atoms with Crippen LogP contribution < -0.4 is 0 Å². The lowest BCUT2D eigenvalue weighted by molar-refractivity contribution is 0.0398. The number of aryl methyl sites for hydroxylation is 1. The zero-order valence-electron chi connectivity index (χ0n) is 10.4. The molecule has 1 amide bonds. The van der Waals surface area contributed by atoms with Crippen LogP contribution in [0, 0.1) is 10.5 Å². The average Bonchev–Trinajstić information content (AvgIpc) is 2.18. The number of hydrogen-bond acceptors (Lipinski definition) is 2. The molecule has 0 unspecified atom stereocenters. The Kier molecular flexibility index (Phi) is 3.73. The Hall–Kier alpha value is -0.620. The second-order valence-electron chi connectivity index (χ2n) is 4.81. The number of carbonyl (C=O) groups is 1. The summed E-state index contributed by atoms with van der Waals surface area (Å²) in [6.07, 6.45) is 0. The van der Waals surface area contributed by atoms with Crippen LogP contribution in [-0.4, -0.2) is 48.9 Å². The summed E-state index contributed by atoms with van der Waals surface area (Å²) >= 11 is 2.23. The number of likely N-dealkylation sites (N-methyl/N-ethyl adjacent to an activating group) is 1. The lowest BCUT2D eigenvalue weighted by Gasteiger charge is -2.42. The number of hydrogen-bond donors (Lipinski definition) is 0. The third kappa shape index (κ3) is 2.63. The fourth-order valence-corrected chi connectivity index (χ4v) is 2.49. The van der Waals surface area contributed by atoms with Gasteiger partial charge in [-0.2, -0.15) is 0 Å². The minimum absolute atomic E-state index is 0.163. The van der Waals surface area contributed by atoms with Crippen LogP contribution in [0.2, 0.25) is 0 Å². The molecule has 1 aliphatic rings. The molecule has 92 valence electrons. The van der Waals surface area contributed by atoms with Crippen molar-refractivity contribution in [2.75, 3.05) is 27.2 Å². The molecule has 0 bridgehead atoms. The number of amides is 1. The molecule has 1 fully saturated rings. The lowest BCUT2D eigenvalue weighted by Crippen LogP contribution is -2.59. The van der Waals surface area contributed by atoms with Gasteiger partial charge in [-0.15, -0.1) is 0 Å². The number of nitrogens with zero attached hydrogens (tertiary/aromatic N) is 2. The Morgan fingerprint density at radius 1 is 1.41 bits per heavy atom. The maximum absolute atomic E-state index is 12.3. The maximum atomic E-state index is 12.3. The molecule has 3 nitrogen and oxygen atoms in total. The number of benzene rings is 1. The van der Waals surface area contributed by atoms with Crippen LogP contribution in [0.15, 0.2) is 18.2 Å². The molecule has 0 aliphatic carbocycles. The molecule has 1 aliphatic heterocycles. The van der Waals surface area contributed by atoms with E-state index in [0.717, 1.165) is 27.8 Å². The SMILES string of the molecule is Cc1ccc(I)c(C(=O)N2CC(N(C)C)C2)c1. The van der Waals surface area contributed by atoms with E-state index in [2.05, 4.69) is 41.6 Å². The van der Waals surface area contributed by atoms with Crippen LogP contribution in [0.3, 0.4) is 0 Å². The largest absolute Gasteiger partial charge is 0.335 e. The molecule has 17 heavy (non-hydrogen) atoms. The summed E-state index contributed by atoms with van der Waals surface area (Å²) in [7, 11) is 4.12. The highest BCUT2D eigenvalue weighted by Crippen LogP contribution is 2.20. The smallest absolute Gasteiger partial charge is 0.255 e. The van der Waals surface area contributed by atoms with Gasteiger partial charge in [-0.05, 0) is 55.7 Å². The quantitative estimate of drug-likeness (QED) is 0.766. The Balaban J connectivity index is 2.09. The molecular weight excluding hydrogens is 327 g/mol. The third-order valence-corrected chi connectivity index (χ3v) is 4.17. The summed E-state index contributed by atoms with van der Waals surface area (Å²) in [6.45, 7) is 3.71. The average molecular weight is 344 g/mol. The predicted octanol–water partition coefficient (Wildman–Crippen LogP) is 1.99. The van der Waals surface area contributed by atoms with Gasteiger partial charge in [0.15, 0.2) is 0 Å². The second-order valence-corrected chi connectivity index (χ2v) is 5.97. The third-order valence-electron chi connectivity index (χ3n) is 3.23. The fraction of sp³-hybridized carbons (Fsp3) is 0.462. The van der Waals surface area contributed by atoms with Gasteiger partial charge < -0.3 is 9.80 Å². The highest BCUT2D eigenvalue weighted by molar-refractivity contribution is 14.1. The summed E-state index contributed by atoms with van der Waals surface area (Å²) in [5.74, 6) is 0.163. The number of rotatable bonds is 2. The van der Waals surface area contributed by atoms with Crippen molar-refractivity contribution in [2.24, 2.45) is 0 Å². The van der Waals surface area contributed by atoms with Crippen LogP contribution in [0.4, 0.5) is 0 Å². The van der Waals surface area contributed by atoms with Gasteiger partial charge in [0.2, 0.25) is 0 Å². The van der Waals surface area contributed by atoms with Gasteiger partial charge in [0.1, 0.15) is 0 Å². The first-order valence-electron chi connectivity index (χ1n) is 5.71. The van der Waals surface area contributed by atoms with Crippen LogP contribution in [0.5, 0.6) is 0 Å². The minimum atomic E-state index is 0.163. The van der Waals surface area contributed by atoms with Crippen molar-refractivity contribution in [2.45, 2.75) is 13.0 Å². The van der Waals surface area contributed by atoms with Crippen LogP contribution in [-0.2, 0) is 0 Å². The Morgan fingerprint density at radius 3 is 2.65 bits per heavy atom. The van der Waals surface area contributed by atoms with Gasteiger partial charge in [0.25, 0.3) is 5.91 Å². The molecule has 0 N–H and O–H groups in total. The van der Waals surface area contributed by atoms with Gasteiger partial charge in [-0.3, -0.25) is 4.79 Å². The van der Waals surface area contributed by atoms with Gasteiger partial charge in [-0.25, -0.2) is 0 Å². The summed E-state index contributed by atoms with van der Waals surface area (Å²) in [5, 5.41) is 0. The minimum Gasteiger partial charge on any atom is -0.335 e. The van der Waals surface area contributed by atoms with Gasteiger partial charge in [-0.1, -0.05) is 11.6 Å². The Labute approximate surface area is 116 Å². The maximum Gasteiger partial charge on any atom is 0.255 e. The highest BCUT2D eigenvalue weighted by Gasteiger charge is 2.32. The number of carbonyl (C=O) groups excluding carboxylic acids is 1. The highest BCUT2D eigenvalue weighted by atomic mass is 127. The van der Waals surface area contributed by atoms with Crippen LogP contribution >= 0.6 is 22.6 Å². The normalized spacial score (nSPS) is 16.2. The van der Waals surface area contributed by atoms with E-state index in [1.165, 1.54) is 0 Å². The van der Waals surface area contributed by atoms with E-state index in [-0.39, 0.29) is 5.91 Å². The van der Waals surface area contributed by atoms with Gasteiger partial charge in [0, 0.05) is 22.7 Å². The second kappa shape index (κ2) is 4.94. The molecule has 2 rings (SSSR count). The standard InChI is InChI=1S/C13H17IN2O/c1-9-4-5-12(14)11(6-9)13(17)16-7-10(8-16)15(2)3/h4-6,10H,7-8H2,1-3H3. The van der Waals surface area contributed by atoms with Crippen molar-refractivity contribution >= 4 is 28.5 Å². The fourth-order valence-electron chi connectivity index (χ4n) is 1.92. The lowest BCUT2D eigenvalue weighted by atomic mass is 10.0. The van der Waals surface area contributed by atoms with Gasteiger partial charge >= 0.3 is 0 Å². The van der Waals surface area contributed by atoms with E-state index in [1.54, 1.807) is 0 Å². The summed E-state index contributed by atoms with van der Waals surface area (Å²) < 4.78 is 1.03. The van der Waals surface area contributed by atoms with Crippen molar-refractivity contribution in [1.82, 2.24) is 9.80 Å². The van der Waals surface area contributed by atoms with Crippen molar-refractivity contribution < 1.29 is 4.79 Å².